The molecule has 0 spiro atoms. The smallest absolute Gasteiger partial charge is 0.254 e. The molecule has 0 atom stereocenters. The zero-order valence-corrected chi connectivity index (χ0v) is 18.9. The predicted molar refractivity (Wildman–Crippen MR) is 122 cm³/mol. The maximum Gasteiger partial charge on any atom is 0.254 e. The van der Waals surface area contributed by atoms with Crippen molar-refractivity contribution in [1.29, 1.82) is 0 Å². The Hall–Kier alpha value is -3.22. The SMILES string of the molecule is Cc1cc(C(=O)NC2CCC(CN3Cc4ccccc4C3=O)CC2)c2c(C)nn(C)c2n1. The van der Waals surface area contributed by atoms with Crippen molar-refractivity contribution in [3.63, 3.8) is 0 Å². The van der Waals surface area contributed by atoms with E-state index in [2.05, 4.69) is 15.4 Å². The van der Waals surface area contributed by atoms with Gasteiger partial charge in [-0.05, 0) is 63.1 Å². The molecule has 7 nitrogen and oxygen atoms in total. The van der Waals surface area contributed by atoms with Crippen molar-refractivity contribution in [3.05, 3.63) is 58.4 Å². The molecule has 2 aliphatic rings. The number of hydrogen-bond acceptors (Lipinski definition) is 4. The largest absolute Gasteiger partial charge is 0.349 e. The van der Waals surface area contributed by atoms with E-state index >= 15 is 0 Å². The van der Waals surface area contributed by atoms with Crippen LogP contribution in [0.1, 0.15) is 63.4 Å². The molecule has 1 saturated carbocycles. The number of nitrogens with one attached hydrogen (secondary N) is 1. The van der Waals surface area contributed by atoms with E-state index < -0.39 is 0 Å². The third kappa shape index (κ3) is 3.66. The second kappa shape index (κ2) is 8.04. The normalized spacial score (nSPS) is 20.6. The topological polar surface area (TPSA) is 80.1 Å². The van der Waals surface area contributed by atoms with Gasteiger partial charge in [0.05, 0.1) is 16.6 Å². The van der Waals surface area contributed by atoms with Gasteiger partial charge < -0.3 is 10.2 Å². The molecule has 32 heavy (non-hydrogen) atoms. The summed E-state index contributed by atoms with van der Waals surface area (Å²) in [5.74, 6) is 0.585. The van der Waals surface area contributed by atoms with E-state index in [-0.39, 0.29) is 17.9 Å². The molecule has 0 bridgehead atoms. The summed E-state index contributed by atoms with van der Waals surface area (Å²) in [6.45, 7) is 5.34. The summed E-state index contributed by atoms with van der Waals surface area (Å²) in [5.41, 5.74) is 5.00. The summed E-state index contributed by atoms with van der Waals surface area (Å²) < 4.78 is 1.73. The number of carbonyl (C=O) groups is 2. The van der Waals surface area contributed by atoms with E-state index in [1.54, 1.807) is 4.68 Å². The number of carbonyl (C=O) groups excluding carboxylic acids is 2. The molecule has 1 N–H and O–H groups in total. The lowest BCUT2D eigenvalue weighted by Gasteiger charge is -2.31. The van der Waals surface area contributed by atoms with E-state index in [0.29, 0.717) is 18.0 Å². The Bertz CT molecular complexity index is 1210. The maximum atomic E-state index is 13.1. The van der Waals surface area contributed by atoms with E-state index in [9.17, 15) is 9.59 Å². The van der Waals surface area contributed by atoms with Gasteiger partial charge in [0.15, 0.2) is 5.65 Å². The highest BCUT2D eigenvalue weighted by atomic mass is 16.2. The van der Waals surface area contributed by atoms with Crippen molar-refractivity contribution in [1.82, 2.24) is 25.0 Å². The van der Waals surface area contributed by atoms with Crippen LogP contribution in [0.25, 0.3) is 11.0 Å². The molecule has 1 aliphatic carbocycles. The van der Waals surface area contributed by atoms with Crippen LogP contribution in [0.5, 0.6) is 0 Å². The Labute approximate surface area is 187 Å². The zero-order valence-electron chi connectivity index (χ0n) is 18.9. The van der Waals surface area contributed by atoms with Gasteiger partial charge in [-0.15, -0.1) is 0 Å². The minimum absolute atomic E-state index is 0.0507. The summed E-state index contributed by atoms with van der Waals surface area (Å²) in [7, 11) is 1.86. The van der Waals surface area contributed by atoms with Crippen molar-refractivity contribution in [2.75, 3.05) is 6.54 Å². The number of fused-ring (bicyclic) bond motifs is 2. The molecule has 7 heteroatoms. The lowest BCUT2D eigenvalue weighted by molar-refractivity contribution is 0.0732. The highest BCUT2D eigenvalue weighted by molar-refractivity contribution is 6.06. The number of aromatic nitrogens is 3. The molecule has 166 valence electrons. The summed E-state index contributed by atoms with van der Waals surface area (Å²) in [6, 6.07) is 9.90. The van der Waals surface area contributed by atoms with Crippen molar-refractivity contribution < 1.29 is 9.59 Å². The first-order valence-electron chi connectivity index (χ1n) is 11.4. The van der Waals surface area contributed by atoms with E-state index in [4.69, 9.17) is 0 Å². The van der Waals surface area contributed by atoms with Gasteiger partial charge in [-0.1, -0.05) is 18.2 Å². The van der Waals surface area contributed by atoms with Crippen molar-refractivity contribution in [2.24, 2.45) is 13.0 Å². The fraction of sp³-hybridized carbons (Fsp3) is 0.440. The average Bonchev–Trinajstić information content (AvgIpc) is 3.24. The Morgan fingerprint density at radius 1 is 1.16 bits per heavy atom. The maximum absolute atomic E-state index is 13.1. The number of amides is 2. The molecule has 3 heterocycles. The molecule has 0 unspecified atom stereocenters. The monoisotopic (exact) mass is 431 g/mol. The minimum atomic E-state index is -0.0507. The van der Waals surface area contributed by atoms with Gasteiger partial charge in [-0.3, -0.25) is 14.3 Å². The van der Waals surface area contributed by atoms with Crippen LogP contribution in [-0.4, -0.2) is 44.1 Å². The average molecular weight is 432 g/mol. The van der Waals surface area contributed by atoms with Crippen LogP contribution in [0, 0.1) is 19.8 Å². The molecule has 0 radical (unpaired) electrons. The van der Waals surface area contributed by atoms with Crippen molar-refractivity contribution in [2.45, 2.75) is 52.1 Å². The number of hydrogen-bond donors (Lipinski definition) is 1. The molecule has 1 fully saturated rings. The molecule has 5 rings (SSSR count). The van der Waals surface area contributed by atoms with Gasteiger partial charge in [0.25, 0.3) is 11.8 Å². The van der Waals surface area contributed by atoms with Crippen molar-refractivity contribution in [3.8, 4) is 0 Å². The van der Waals surface area contributed by atoms with Crippen LogP contribution in [0.3, 0.4) is 0 Å². The summed E-state index contributed by atoms with van der Waals surface area (Å²) in [5, 5.41) is 8.52. The quantitative estimate of drug-likeness (QED) is 0.685. The molecule has 1 aliphatic heterocycles. The first-order valence-corrected chi connectivity index (χ1v) is 11.4. The molecular formula is C25H29N5O2. The number of pyridine rings is 1. The van der Waals surface area contributed by atoms with Crippen LogP contribution in [0.15, 0.2) is 30.3 Å². The molecular weight excluding hydrogens is 402 g/mol. The van der Waals surface area contributed by atoms with E-state index in [1.807, 2.05) is 56.1 Å². The Kier molecular flexibility index (Phi) is 5.19. The minimum Gasteiger partial charge on any atom is -0.349 e. The number of benzene rings is 1. The van der Waals surface area contributed by atoms with Gasteiger partial charge in [-0.2, -0.15) is 5.10 Å². The Morgan fingerprint density at radius 2 is 1.91 bits per heavy atom. The van der Waals surface area contributed by atoms with Gasteiger partial charge in [0, 0.05) is 37.4 Å². The highest BCUT2D eigenvalue weighted by Gasteiger charge is 2.31. The summed E-state index contributed by atoms with van der Waals surface area (Å²) in [4.78, 5) is 32.3. The van der Waals surface area contributed by atoms with Crippen LogP contribution in [0.2, 0.25) is 0 Å². The Morgan fingerprint density at radius 3 is 2.66 bits per heavy atom. The first-order chi connectivity index (χ1) is 15.4. The van der Waals surface area contributed by atoms with Gasteiger partial charge >= 0.3 is 0 Å². The standard InChI is InChI=1S/C25H29N5O2/c1-15-12-21(22-16(2)28-29(3)23(22)26-15)24(31)27-19-10-8-17(9-11-19)13-30-14-18-6-4-5-7-20(18)25(30)32/h4-7,12,17,19H,8-11,13-14H2,1-3H3,(H,27,31). The second-order valence-electron chi connectivity index (χ2n) is 9.25. The second-order valence-corrected chi connectivity index (χ2v) is 9.25. The van der Waals surface area contributed by atoms with Gasteiger partial charge in [0.2, 0.25) is 0 Å². The lowest BCUT2D eigenvalue weighted by atomic mass is 9.85. The molecule has 0 saturated heterocycles. The van der Waals surface area contributed by atoms with Crippen LogP contribution < -0.4 is 5.32 Å². The third-order valence-electron chi connectivity index (χ3n) is 6.90. The van der Waals surface area contributed by atoms with E-state index in [1.165, 1.54) is 0 Å². The van der Waals surface area contributed by atoms with E-state index in [0.717, 1.165) is 65.8 Å². The van der Waals surface area contributed by atoms with Crippen LogP contribution in [-0.2, 0) is 13.6 Å². The van der Waals surface area contributed by atoms with Gasteiger partial charge in [0.1, 0.15) is 0 Å². The number of nitrogens with zero attached hydrogens (tertiary/aromatic N) is 4. The zero-order chi connectivity index (χ0) is 22.4. The molecule has 3 aromatic rings. The summed E-state index contributed by atoms with van der Waals surface area (Å²) >= 11 is 0. The van der Waals surface area contributed by atoms with Gasteiger partial charge in [-0.25, -0.2) is 4.98 Å². The third-order valence-corrected chi connectivity index (χ3v) is 6.90. The van der Waals surface area contributed by atoms with Crippen LogP contribution >= 0.6 is 0 Å². The first kappa shape index (κ1) is 20.7. The number of rotatable bonds is 4. The Balaban J connectivity index is 1.20. The lowest BCUT2D eigenvalue weighted by Crippen LogP contribution is -2.40. The predicted octanol–water partition coefficient (Wildman–Crippen LogP) is 3.53. The molecule has 2 amide bonds. The fourth-order valence-corrected chi connectivity index (χ4v) is 5.28. The molecule has 1 aromatic carbocycles. The summed E-state index contributed by atoms with van der Waals surface area (Å²) in [6.07, 6.45) is 3.90. The van der Waals surface area contributed by atoms with Crippen molar-refractivity contribution >= 4 is 22.8 Å². The molecule has 2 aromatic heterocycles. The highest BCUT2D eigenvalue weighted by Crippen LogP contribution is 2.30. The van der Waals surface area contributed by atoms with Crippen LogP contribution in [0.4, 0.5) is 0 Å². The fourth-order valence-electron chi connectivity index (χ4n) is 5.28. The number of aryl methyl sites for hydroxylation is 3.